The van der Waals surface area contributed by atoms with Crippen LogP contribution in [0.15, 0.2) is 18.3 Å². The highest BCUT2D eigenvalue weighted by molar-refractivity contribution is 7.80. The van der Waals surface area contributed by atoms with Crippen molar-refractivity contribution < 1.29 is 0 Å². The largest absolute Gasteiger partial charge is 0.388 e. The first-order valence-corrected chi connectivity index (χ1v) is 6.61. The zero-order valence-electron chi connectivity index (χ0n) is 11.4. The van der Waals surface area contributed by atoms with Gasteiger partial charge < -0.3 is 15.5 Å². The molecule has 0 spiro atoms. The minimum absolute atomic E-state index is 0.344. The van der Waals surface area contributed by atoms with Crippen LogP contribution in [-0.2, 0) is 0 Å². The van der Waals surface area contributed by atoms with E-state index in [0.717, 1.165) is 31.7 Å². The lowest BCUT2D eigenvalue weighted by atomic mass is 10.3. The highest BCUT2D eigenvalue weighted by Gasteiger charge is 2.07. The van der Waals surface area contributed by atoms with E-state index >= 15 is 0 Å². The maximum Gasteiger partial charge on any atom is 0.122 e. The predicted molar refractivity (Wildman–Crippen MR) is 81.2 cm³/mol. The first-order chi connectivity index (χ1) is 8.54. The minimum atomic E-state index is 0.344. The molecule has 0 fully saturated rings. The summed E-state index contributed by atoms with van der Waals surface area (Å²) in [7, 11) is 4.16. The summed E-state index contributed by atoms with van der Waals surface area (Å²) in [4.78, 5) is 9.14. The lowest BCUT2D eigenvalue weighted by molar-refractivity contribution is 0.413. The van der Waals surface area contributed by atoms with Gasteiger partial charge in [0.05, 0.1) is 17.6 Å². The topological polar surface area (TPSA) is 45.4 Å². The van der Waals surface area contributed by atoms with Crippen LogP contribution in [-0.4, -0.2) is 48.6 Å². The Morgan fingerprint density at radius 1 is 1.28 bits per heavy atom. The molecule has 0 amide bonds. The Morgan fingerprint density at radius 2 is 2.00 bits per heavy atom. The number of anilines is 1. The van der Waals surface area contributed by atoms with Gasteiger partial charge in [-0.3, -0.25) is 4.98 Å². The van der Waals surface area contributed by atoms with Gasteiger partial charge in [-0.2, -0.15) is 0 Å². The number of pyridine rings is 1. The van der Waals surface area contributed by atoms with Crippen LogP contribution in [0.3, 0.4) is 0 Å². The summed E-state index contributed by atoms with van der Waals surface area (Å²) in [5.74, 6) is 0. The first kappa shape index (κ1) is 14.9. The standard InChI is InChI=1S/C13H22N4S/c1-4-7-17(9-8-16(2)3)11-5-6-12(13(14)18)15-10-11/h5-6,10H,4,7-9H2,1-3H3,(H2,14,18). The van der Waals surface area contributed by atoms with Gasteiger partial charge in [0.25, 0.3) is 0 Å². The van der Waals surface area contributed by atoms with Crippen molar-refractivity contribution in [2.45, 2.75) is 13.3 Å². The van der Waals surface area contributed by atoms with Crippen molar-refractivity contribution in [2.24, 2.45) is 5.73 Å². The summed E-state index contributed by atoms with van der Waals surface area (Å²) in [5.41, 5.74) is 7.35. The summed E-state index contributed by atoms with van der Waals surface area (Å²) in [6, 6.07) is 3.92. The van der Waals surface area contributed by atoms with Crippen molar-refractivity contribution in [1.29, 1.82) is 0 Å². The third-order valence-corrected chi connectivity index (χ3v) is 2.89. The van der Waals surface area contributed by atoms with Gasteiger partial charge in [-0.1, -0.05) is 19.1 Å². The van der Waals surface area contributed by atoms with Gasteiger partial charge in [-0.05, 0) is 32.6 Å². The van der Waals surface area contributed by atoms with E-state index in [1.807, 2.05) is 18.3 Å². The van der Waals surface area contributed by atoms with Gasteiger partial charge in [0.1, 0.15) is 4.99 Å². The van der Waals surface area contributed by atoms with E-state index in [2.05, 4.69) is 35.8 Å². The van der Waals surface area contributed by atoms with Crippen molar-refractivity contribution in [3.63, 3.8) is 0 Å². The Bertz CT molecular complexity index is 375. The molecular weight excluding hydrogens is 244 g/mol. The Hall–Kier alpha value is -1.20. The van der Waals surface area contributed by atoms with Crippen molar-refractivity contribution in [2.75, 3.05) is 38.6 Å². The van der Waals surface area contributed by atoms with Gasteiger partial charge >= 0.3 is 0 Å². The highest BCUT2D eigenvalue weighted by atomic mass is 32.1. The van der Waals surface area contributed by atoms with Crippen LogP contribution in [0, 0.1) is 0 Å². The molecule has 0 aliphatic heterocycles. The molecule has 4 nitrogen and oxygen atoms in total. The van der Waals surface area contributed by atoms with E-state index in [1.165, 1.54) is 0 Å². The second kappa shape index (κ2) is 7.28. The molecule has 0 aromatic carbocycles. The molecule has 0 aliphatic carbocycles. The van der Waals surface area contributed by atoms with Gasteiger partial charge in [-0.25, -0.2) is 0 Å². The zero-order valence-corrected chi connectivity index (χ0v) is 12.2. The molecule has 0 bridgehead atoms. The molecule has 1 rings (SSSR count). The second-order valence-corrected chi connectivity index (χ2v) is 5.00. The minimum Gasteiger partial charge on any atom is -0.388 e. The van der Waals surface area contributed by atoms with Crippen molar-refractivity contribution in [1.82, 2.24) is 9.88 Å². The fourth-order valence-corrected chi connectivity index (χ4v) is 1.80. The molecule has 2 N–H and O–H groups in total. The Balaban J connectivity index is 2.75. The number of hydrogen-bond acceptors (Lipinski definition) is 4. The van der Waals surface area contributed by atoms with E-state index in [1.54, 1.807) is 0 Å². The van der Waals surface area contributed by atoms with Crippen LogP contribution in [0.1, 0.15) is 19.0 Å². The third-order valence-electron chi connectivity index (χ3n) is 2.68. The summed E-state index contributed by atoms with van der Waals surface area (Å²) in [6.07, 6.45) is 2.96. The molecule has 1 aromatic rings. The average molecular weight is 266 g/mol. The quantitative estimate of drug-likeness (QED) is 0.758. The molecule has 18 heavy (non-hydrogen) atoms. The highest BCUT2D eigenvalue weighted by Crippen LogP contribution is 2.13. The van der Waals surface area contributed by atoms with Crippen LogP contribution < -0.4 is 10.6 Å². The van der Waals surface area contributed by atoms with Crippen LogP contribution in [0.5, 0.6) is 0 Å². The predicted octanol–water partition coefficient (Wildman–Crippen LogP) is 1.49. The van der Waals surface area contributed by atoms with Crippen molar-refractivity contribution in [3.8, 4) is 0 Å². The second-order valence-electron chi connectivity index (χ2n) is 4.56. The molecule has 1 aromatic heterocycles. The Morgan fingerprint density at radius 3 is 2.44 bits per heavy atom. The first-order valence-electron chi connectivity index (χ1n) is 6.20. The third kappa shape index (κ3) is 4.58. The van der Waals surface area contributed by atoms with Gasteiger partial charge in [0, 0.05) is 19.6 Å². The molecule has 0 saturated heterocycles. The lowest BCUT2D eigenvalue weighted by Crippen LogP contribution is -2.32. The number of likely N-dealkylation sites (N-methyl/N-ethyl adjacent to an activating group) is 1. The van der Waals surface area contributed by atoms with E-state index in [4.69, 9.17) is 18.0 Å². The fraction of sp³-hybridized carbons (Fsp3) is 0.538. The molecular formula is C13H22N4S. The summed E-state index contributed by atoms with van der Waals surface area (Å²) in [5, 5.41) is 0. The molecule has 0 atom stereocenters. The van der Waals surface area contributed by atoms with Crippen LogP contribution in [0.2, 0.25) is 0 Å². The van der Waals surface area contributed by atoms with Crippen LogP contribution in [0.25, 0.3) is 0 Å². The monoisotopic (exact) mass is 266 g/mol. The van der Waals surface area contributed by atoms with Gasteiger partial charge in [0.15, 0.2) is 0 Å². The maximum atomic E-state index is 5.55. The molecule has 100 valence electrons. The molecule has 0 unspecified atom stereocenters. The molecule has 0 aliphatic rings. The fourth-order valence-electron chi connectivity index (χ4n) is 1.68. The number of nitrogens with zero attached hydrogens (tertiary/aromatic N) is 3. The number of thiocarbonyl (C=S) groups is 1. The maximum absolute atomic E-state index is 5.55. The number of nitrogens with two attached hydrogens (primary N) is 1. The van der Waals surface area contributed by atoms with Gasteiger partial charge in [-0.15, -0.1) is 0 Å². The average Bonchev–Trinajstić information content (AvgIpc) is 2.34. The lowest BCUT2D eigenvalue weighted by Gasteiger charge is -2.25. The Kier molecular flexibility index (Phi) is 6.01. The summed E-state index contributed by atoms with van der Waals surface area (Å²) >= 11 is 4.90. The Labute approximate surface area is 115 Å². The van der Waals surface area contributed by atoms with Crippen molar-refractivity contribution >= 4 is 22.9 Å². The summed E-state index contributed by atoms with van der Waals surface area (Å²) in [6.45, 7) is 5.23. The molecule has 0 saturated carbocycles. The number of aromatic nitrogens is 1. The zero-order chi connectivity index (χ0) is 13.5. The summed E-state index contributed by atoms with van der Waals surface area (Å²) < 4.78 is 0. The van der Waals surface area contributed by atoms with E-state index < -0.39 is 0 Å². The van der Waals surface area contributed by atoms with Crippen molar-refractivity contribution in [3.05, 3.63) is 24.0 Å². The molecule has 5 heteroatoms. The van der Waals surface area contributed by atoms with E-state index in [0.29, 0.717) is 10.7 Å². The van der Waals surface area contributed by atoms with Crippen LogP contribution in [0.4, 0.5) is 5.69 Å². The van der Waals surface area contributed by atoms with Gasteiger partial charge in [0.2, 0.25) is 0 Å². The normalized spacial score (nSPS) is 10.7. The van der Waals surface area contributed by atoms with Crippen LogP contribution >= 0.6 is 12.2 Å². The number of hydrogen-bond donors (Lipinski definition) is 1. The van der Waals surface area contributed by atoms with E-state index in [9.17, 15) is 0 Å². The molecule has 1 heterocycles. The van der Waals surface area contributed by atoms with E-state index in [-0.39, 0.29) is 0 Å². The SMILES string of the molecule is CCCN(CCN(C)C)c1ccc(C(N)=S)nc1. The smallest absolute Gasteiger partial charge is 0.122 e. The number of rotatable bonds is 7. The molecule has 0 radical (unpaired) electrons.